The van der Waals surface area contributed by atoms with Crippen LogP contribution in [0.2, 0.25) is 0 Å². The molecule has 0 saturated carbocycles. The van der Waals surface area contributed by atoms with Crippen molar-refractivity contribution in [3.8, 4) is 0 Å². The summed E-state index contributed by atoms with van der Waals surface area (Å²) in [6.45, 7) is 7.72. The van der Waals surface area contributed by atoms with Crippen molar-refractivity contribution in [3.05, 3.63) is 41.4 Å². The van der Waals surface area contributed by atoms with E-state index in [4.69, 9.17) is 10.7 Å². The Balaban J connectivity index is 0.00000210. The fourth-order valence-corrected chi connectivity index (χ4v) is 4.44. The number of hydrogen-bond donors (Lipinski definition) is 1. The van der Waals surface area contributed by atoms with Crippen LogP contribution in [0.15, 0.2) is 40.8 Å². The van der Waals surface area contributed by atoms with E-state index in [1.165, 1.54) is 11.3 Å². The van der Waals surface area contributed by atoms with Crippen molar-refractivity contribution >= 4 is 52.1 Å². The van der Waals surface area contributed by atoms with Crippen LogP contribution in [0.25, 0.3) is 0 Å². The molecule has 0 bridgehead atoms. The van der Waals surface area contributed by atoms with Gasteiger partial charge in [-0.3, -0.25) is 4.99 Å². The highest BCUT2D eigenvalue weighted by Crippen LogP contribution is 2.29. The van der Waals surface area contributed by atoms with E-state index in [9.17, 15) is 0 Å². The third kappa shape index (κ3) is 4.48. The molecular formula is C19H27IN6S. The Morgan fingerprint density at radius 3 is 2.74 bits per heavy atom. The number of halogens is 1. The van der Waals surface area contributed by atoms with Crippen LogP contribution in [-0.2, 0) is 6.42 Å². The Bertz CT molecular complexity index is 757. The number of aliphatic imine (C=N–C) groups is 1. The van der Waals surface area contributed by atoms with E-state index >= 15 is 0 Å². The number of benzene rings is 1. The van der Waals surface area contributed by atoms with Gasteiger partial charge >= 0.3 is 0 Å². The molecule has 1 saturated heterocycles. The Kier molecular flexibility index (Phi) is 6.80. The summed E-state index contributed by atoms with van der Waals surface area (Å²) in [6.07, 6.45) is 2.98. The summed E-state index contributed by atoms with van der Waals surface area (Å²) in [6, 6.07) is 9.03. The molecule has 2 N–H and O–H groups in total. The first-order valence-corrected chi connectivity index (χ1v) is 10.1. The number of nitrogens with two attached hydrogens (primary N) is 1. The second kappa shape index (κ2) is 9.09. The molecule has 1 unspecified atom stereocenters. The number of nitrogens with zero attached hydrogens (tertiary/aromatic N) is 5. The molecule has 2 aliphatic rings. The average molecular weight is 498 g/mol. The Morgan fingerprint density at radius 1 is 1.22 bits per heavy atom. The number of rotatable bonds is 4. The number of fused-ring (bicyclic) bond motifs is 1. The van der Waals surface area contributed by atoms with E-state index in [0.717, 1.165) is 50.8 Å². The van der Waals surface area contributed by atoms with Gasteiger partial charge in [-0.2, -0.15) is 0 Å². The van der Waals surface area contributed by atoms with Crippen LogP contribution < -0.4 is 15.5 Å². The number of piperazine rings is 1. The largest absolute Gasteiger partial charge is 0.370 e. The molecule has 3 heterocycles. The molecular weight excluding hydrogens is 471 g/mol. The molecule has 1 atom stereocenters. The third-order valence-electron chi connectivity index (χ3n) is 5.27. The minimum atomic E-state index is 0. The van der Waals surface area contributed by atoms with E-state index < -0.39 is 0 Å². The van der Waals surface area contributed by atoms with Crippen LogP contribution in [0.5, 0.6) is 0 Å². The van der Waals surface area contributed by atoms with Crippen LogP contribution in [0.3, 0.4) is 0 Å². The van der Waals surface area contributed by atoms with Crippen molar-refractivity contribution in [2.45, 2.75) is 19.4 Å². The van der Waals surface area contributed by atoms with Gasteiger partial charge in [-0.1, -0.05) is 18.2 Å². The summed E-state index contributed by atoms with van der Waals surface area (Å²) in [4.78, 5) is 16.0. The molecule has 0 aliphatic carbocycles. The number of hydrogen-bond acceptors (Lipinski definition) is 5. The van der Waals surface area contributed by atoms with Crippen LogP contribution >= 0.6 is 35.3 Å². The van der Waals surface area contributed by atoms with Gasteiger partial charge in [-0.15, -0.1) is 35.3 Å². The molecule has 1 aromatic heterocycles. The van der Waals surface area contributed by atoms with Crippen LogP contribution in [0.4, 0.5) is 10.8 Å². The van der Waals surface area contributed by atoms with Gasteiger partial charge in [-0.05, 0) is 25.0 Å². The summed E-state index contributed by atoms with van der Waals surface area (Å²) >= 11 is 1.69. The summed E-state index contributed by atoms with van der Waals surface area (Å²) in [5, 5.41) is 3.12. The molecule has 0 radical (unpaired) electrons. The zero-order chi connectivity index (χ0) is 17.9. The Labute approximate surface area is 182 Å². The van der Waals surface area contributed by atoms with E-state index in [1.807, 2.05) is 11.6 Å². The maximum Gasteiger partial charge on any atom is 0.191 e. The Morgan fingerprint density at radius 2 is 2.00 bits per heavy atom. The van der Waals surface area contributed by atoms with Gasteiger partial charge in [0.15, 0.2) is 11.1 Å². The topological polar surface area (TPSA) is 61.0 Å². The fourth-order valence-electron chi connectivity index (χ4n) is 3.74. The molecule has 1 aromatic carbocycles. The molecule has 0 amide bonds. The van der Waals surface area contributed by atoms with E-state index in [1.54, 1.807) is 11.3 Å². The first kappa shape index (κ1) is 20.2. The second-order valence-electron chi connectivity index (χ2n) is 6.91. The minimum absolute atomic E-state index is 0. The zero-order valence-corrected chi connectivity index (χ0v) is 18.8. The van der Waals surface area contributed by atoms with Crippen molar-refractivity contribution in [1.29, 1.82) is 0 Å². The van der Waals surface area contributed by atoms with Crippen molar-refractivity contribution in [3.63, 3.8) is 0 Å². The predicted octanol–water partition coefficient (Wildman–Crippen LogP) is 2.65. The zero-order valence-electron chi connectivity index (χ0n) is 15.6. The van der Waals surface area contributed by atoms with Gasteiger partial charge in [-0.25, -0.2) is 4.98 Å². The molecule has 27 heavy (non-hydrogen) atoms. The van der Waals surface area contributed by atoms with Crippen molar-refractivity contribution in [2.24, 2.45) is 10.7 Å². The maximum absolute atomic E-state index is 6.28. The highest BCUT2D eigenvalue weighted by molar-refractivity contribution is 14.0. The van der Waals surface area contributed by atoms with Crippen LogP contribution in [-0.4, -0.2) is 61.2 Å². The lowest BCUT2D eigenvalue weighted by Gasteiger charge is -2.35. The SMILES string of the molecule is CC(CN=C(N)N1CCN(c2nccs2)CC1)N1CCc2ccccc21.I. The standard InChI is InChI=1S/C19H26N6S.HI/c1-15(25-8-6-16-4-2-3-5-17(16)25)14-22-18(20)23-9-11-24(12-10-23)19-21-7-13-26-19;/h2-5,7,13,15H,6,8-12,14H2,1H3,(H2,20,22);1H. The van der Waals surface area contributed by atoms with Gasteiger partial charge in [0, 0.05) is 56.0 Å². The summed E-state index contributed by atoms with van der Waals surface area (Å²) in [5.74, 6) is 0.670. The van der Waals surface area contributed by atoms with E-state index in [-0.39, 0.29) is 24.0 Å². The van der Waals surface area contributed by atoms with Gasteiger partial charge in [0.05, 0.1) is 6.54 Å². The lowest BCUT2D eigenvalue weighted by atomic mass is 10.2. The molecule has 1 fully saturated rings. The quantitative estimate of drug-likeness (QED) is 0.399. The molecule has 6 nitrogen and oxygen atoms in total. The van der Waals surface area contributed by atoms with Gasteiger partial charge in [0.25, 0.3) is 0 Å². The summed E-state index contributed by atoms with van der Waals surface area (Å²) < 4.78 is 0. The van der Waals surface area contributed by atoms with Crippen molar-refractivity contribution < 1.29 is 0 Å². The van der Waals surface area contributed by atoms with Gasteiger partial charge < -0.3 is 20.4 Å². The molecule has 8 heteroatoms. The third-order valence-corrected chi connectivity index (χ3v) is 6.10. The fraction of sp³-hybridized carbons (Fsp3) is 0.474. The highest BCUT2D eigenvalue weighted by Gasteiger charge is 2.23. The van der Waals surface area contributed by atoms with Gasteiger partial charge in [0.1, 0.15) is 0 Å². The minimum Gasteiger partial charge on any atom is -0.370 e. The van der Waals surface area contributed by atoms with E-state index in [0.29, 0.717) is 12.0 Å². The summed E-state index contributed by atoms with van der Waals surface area (Å²) in [7, 11) is 0. The molecule has 0 spiro atoms. The lowest BCUT2D eigenvalue weighted by Crippen LogP contribution is -2.51. The van der Waals surface area contributed by atoms with E-state index in [2.05, 4.69) is 50.9 Å². The molecule has 4 rings (SSSR count). The number of thiazole rings is 1. The van der Waals surface area contributed by atoms with Crippen molar-refractivity contribution in [2.75, 3.05) is 49.1 Å². The second-order valence-corrected chi connectivity index (χ2v) is 7.78. The highest BCUT2D eigenvalue weighted by atomic mass is 127. The van der Waals surface area contributed by atoms with Crippen molar-refractivity contribution in [1.82, 2.24) is 9.88 Å². The number of guanidine groups is 1. The maximum atomic E-state index is 6.28. The number of para-hydroxylation sites is 1. The molecule has 2 aliphatic heterocycles. The van der Waals surface area contributed by atoms with Crippen LogP contribution in [0, 0.1) is 0 Å². The van der Waals surface area contributed by atoms with Crippen LogP contribution in [0.1, 0.15) is 12.5 Å². The lowest BCUT2D eigenvalue weighted by molar-refractivity contribution is 0.380. The number of anilines is 2. The molecule has 146 valence electrons. The normalized spacial score (nSPS) is 18.3. The first-order chi connectivity index (χ1) is 12.7. The number of aromatic nitrogens is 1. The summed E-state index contributed by atoms with van der Waals surface area (Å²) in [5.41, 5.74) is 9.07. The van der Waals surface area contributed by atoms with Gasteiger partial charge in [0.2, 0.25) is 0 Å². The molecule has 2 aromatic rings. The predicted molar refractivity (Wildman–Crippen MR) is 125 cm³/mol. The Hall–Kier alpha value is -1.55. The smallest absolute Gasteiger partial charge is 0.191 e. The first-order valence-electron chi connectivity index (χ1n) is 9.26. The average Bonchev–Trinajstić information content (AvgIpc) is 3.36. The monoisotopic (exact) mass is 498 g/mol.